The molecule has 16 heavy (non-hydrogen) atoms. The van der Waals surface area contributed by atoms with Gasteiger partial charge in [0.2, 0.25) is 0 Å². The number of hydrogen-bond donors (Lipinski definition) is 0. The van der Waals surface area contributed by atoms with Crippen molar-refractivity contribution in [3.8, 4) is 0 Å². The molecule has 3 heteroatoms. The molecule has 0 spiro atoms. The molecule has 0 bridgehead atoms. The largest absolute Gasteiger partial charge is 0.165 e. The smallest absolute Gasteiger partial charge is 0.0175 e. The van der Waals surface area contributed by atoms with Crippen LogP contribution in [0.4, 0.5) is 0 Å². The summed E-state index contributed by atoms with van der Waals surface area (Å²) in [5.41, 5.74) is 1.44. The summed E-state index contributed by atoms with van der Waals surface area (Å²) < 4.78 is 1.16. The third kappa shape index (κ3) is 5.74. The minimum Gasteiger partial charge on any atom is -0.165 e. The van der Waals surface area contributed by atoms with Crippen molar-refractivity contribution in [3.05, 3.63) is 34.3 Å². The normalized spacial score (nSPS) is 12.7. The maximum absolute atomic E-state index is 3.62. The van der Waals surface area contributed by atoms with Crippen molar-refractivity contribution in [3.63, 3.8) is 0 Å². The van der Waals surface area contributed by atoms with Gasteiger partial charge < -0.3 is 0 Å². The van der Waals surface area contributed by atoms with Gasteiger partial charge in [0.25, 0.3) is 0 Å². The van der Waals surface area contributed by atoms with Crippen LogP contribution >= 0.6 is 43.6 Å². The molecule has 0 saturated heterocycles. The van der Waals surface area contributed by atoms with Crippen LogP contribution in [0.15, 0.2) is 28.7 Å². The summed E-state index contributed by atoms with van der Waals surface area (Å²) >= 11 is 9.03. The monoisotopic (exact) mass is 364 g/mol. The lowest BCUT2D eigenvalue weighted by Gasteiger charge is -2.13. The van der Waals surface area contributed by atoms with Crippen LogP contribution in [0.25, 0.3) is 0 Å². The molecule has 0 saturated carbocycles. The van der Waals surface area contributed by atoms with E-state index < -0.39 is 0 Å². The van der Waals surface area contributed by atoms with Gasteiger partial charge in [-0.15, -0.1) is 0 Å². The lowest BCUT2D eigenvalue weighted by atomic mass is 9.97. The lowest BCUT2D eigenvalue weighted by molar-refractivity contribution is 0.537. The van der Waals surface area contributed by atoms with Gasteiger partial charge in [0.15, 0.2) is 0 Å². The topological polar surface area (TPSA) is 0 Å². The van der Waals surface area contributed by atoms with Gasteiger partial charge in [-0.1, -0.05) is 44.0 Å². The van der Waals surface area contributed by atoms with E-state index in [1.807, 2.05) is 11.8 Å². The van der Waals surface area contributed by atoms with Crippen molar-refractivity contribution in [1.29, 1.82) is 0 Å². The van der Waals surface area contributed by atoms with Crippen molar-refractivity contribution in [2.45, 2.75) is 19.3 Å². The number of thioether (sulfide) groups is 1. The fourth-order valence-electron chi connectivity index (χ4n) is 1.70. The van der Waals surface area contributed by atoms with Gasteiger partial charge in [-0.05, 0) is 54.9 Å². The van der Waals surface area contributed by atoms with E-state index in [1.165, 1.54) is 30.6 Å². The summed E-state index contributed by atoms with van der Waals surface area (Å²) in [5.74, 6) is 2.05. The fraction of sp³-hybridized carbons (Fsp3) is 0.538. The zero-order valence-electron chi connectivity index (χ0n) is 9.59. The van der Waals surface area contributed by atoms with Crippen molar-refractivity contribution in [2.75, 3.05) is 17.3 Å². The Morgan fingerprint density at radius 2 is 1.94 bits per heavy atom. The van der Waals surface area contributed by atoms with Crippen molar-refractivity contribution < 1.29 is 0 Å². The maximum Gasteiger partial charge on any atom is 0.0175 e. The van der Waals surface area contributed by atoms with Gasteiger partial charge in [-0.25, -0.2) is 0 Å². The molecule has 0 N–H and O–H groups in total. The molecule has 0 amide bonds. The first-order valence-corrected chi connectivity index (χ1v) is 8.86. The van der Waals surface area contributed by atoms with Crippen LogP contribution < -0.4 is 0 Å². The number of hydrogen-bond acceptors (Lipinski definition) is 1. The van der Waals surface area contributed by atoms with E-state index in [4.69, 9.17) is 0 Å². The Bertz CT molecular complexity index is 284. The second kappa shape index (κ2) is 8.60. The van der Waals surface area contributed by atoms with E-state index in [9.17, 15) is 0 Å². The highest BCUT2D eigenvalue weighted by Gasteiger charge is 2.07. The highest BCUT2D eigenvalue weighted by molar-refractivity contribution is 9.10. The number of rotatable bonds is 7. The SMILES string of the molecule is CSCCCC(CBr)Cc1ccc(Br)cc1. The highest BCUT2D eigenvalue weighted by Crippen LogP contribution is 2.19. The molecule has 0 aliphatic rings. The van der Waals surface area contributed by atoms with Crippen molar-refractivity contribution >= 4 is 43.6 Å². The van der Waals surface area contributed by atoms with Crippen molar-refractivity contribution in [1.82, 2.24) is 0 Å². The minimum absolute atomic E-state index is 0.772. The van der Waals surface area contributed by atoms with E-state index in [1.54, 1.807) is 0 Å². The van der Waals surface area contributed by atoms with Gasteiger partial charge in [-0.3, -0.25) is 0 Å². The number of halogens is 2. The first-order chi connectivity index (χ1) is 7.76. The summed E-state index contributed by atoms with van der Waals surface area (Å²) in [6.45, 7) is 0. The Labute approximate surface area is 120 Å². The molecule has 90 valence electrons. The summed E-state index contributed by atoms with van der Waals surface area (Å²) in [4.78, 5) is 0. The van der Waals surface area contributed by atoms with Crippen LogP contribution in [-0.2, 0) is 6.42 Å². The average molecular weight is 366 g/mol. The molecular formula is C13H18Br2S. The zero-order valence-corrected chi connectivity index (χ0v) is 13.6. The summed E-state index contributed by atoms with van der Waals surface area (Å²) in [5, 5.41) is 1.11. The van der Waals surface area contributed by atoms with Gasteiger partial charge in [-0.2, -0.15) is 11.8 Å². The predicted octanol–water partition coefficient (Wildman–Crippen LogP) is 5.15. The molecule has 0 aliphatic heterocycles. The molecule has 0 radical (unpaired) electrons. The second-order valence-corrected chi connectivity index (χ2v) is 6.53. The maximum atomic E-state index is 3.62. The third-order valence-corrected chi connectivity index (χ3v) is 4.76. The molecule has 1 atom stereocenters. The third-order valence-electron chi connectivity index (χ3n) is 2.62. The molecule has 1 aromatic carbocycles. The van der Waals surface area contributed by atoms with Crippen molar-refractivity contribution in [2.24, 2.45) is 5.92 Å². The van der Waals surface area contributed by atoms with Crippen LogP contribution in [0.1, 0.15) is 18.4 Å². The number of alkyl halides is 1. The Hall–Kier alpha value is 0.530. The minimum atomic E-state index is 0.772. The predicted molar refractivity (Wildman–Crippen MR) is 82.7 cm³/mol. The molecule has 0 nitrogen and oxygen atoms in total. The quantitative estimate of drug-likeness (QED) is 0.475. The molecule has 0 heterocycles. The fourth-order valence-corrected chi connectivity index (χ4v) is 2.98. The number of benzene rings is 1. The van der Waals surface area contributed by atoms with Gasteiger partial charge >= 0.3 is 0 Å². The van der Waals surface area contributed by atoms with Gasteiger partial charge in [0.1, 0.15) is 0 Å². The lowest BCUT2D eigenvalue weighted by Crippen LogP contribution is -2.06. The van der Waals surface area contributed by atoms with Crippen LogP contribution in [0.3, 0.4) is 0 Å². The van der Waals surface area contributed by atoms with E-state index in [-0.39, 0.29) is 0 Å². The first-order valence-electron chi connectivity index (χ1n) is 5.55. The van der Waals surface area contributed by atoms with E-state index >= 15 is 0 Å². The van der Waals surface area contributed by atoms with Gasteiger partial charge in [0.05, 0.1) is 0 Å². The Kier molecular flexibility index (Phi) is 7.84. The molecule has 0 fully saturated rings. The molecule has 0 aromatic heterocycles. The zero-order chi connectivity index (χ0) is 11.8. The first kappa shape index (κ1) is 14.6. The van der Waals surface area contributed by atoms with Crippen LogP contribution in [-0.4, -0.2) is 17.3 Å². The standard InChI is InChI=1S/C13H18Br2S/c1-16-8-2-3-12(10-14)9-11-4-6-13(15)7-5-11/h4-7,12H,2-3,8-10H2,1H3. The Balaban J connectivity index is 2.40. The molecule has 1 rings (SSSR count). The molecule has 1 aromatic rings. The van der Waals surface area contributed by atoms with Crippen LogP contribution in [0, 0.1) is 5.92 Å². The van der Waals surface area contributed by atoms with Crippen LogP contribution in [0.2, 0.25) is 0 Å². The Morgan fingerprint density at radius 1 is 1.25 bits per heavy atom. The molecular weight excluding hydrogens is 348 g/mol. The van der Waals surface area contributed by atoms with E-state index in [2.05, 4.69) is 62.4 Å². The van der Waals surface area contributed by atoms with E-state index in [0.717, 1.165) is 15.7 Å². The van der Waals surface area contributed by atoms with Crippen LogP contribution in [0.5, 0.6) is 0 Å². The summed E-state index contributed by atoms with van der Waals surface area (Å²) in [7, 11) is 0. The summed E-state index contributed by atoms with van der Waals surface area (Å²) in [6.07, 6.45) is 6.01. The summed E-state index contributed by atoms with van der Waals surface area (Å²) in [6, 6.07) is 8.69. The second-order valence-electron chi connectivity index (χ2n) is 3.99. The molecule has 1 unspecified atom stereocenters. The van der Waals surface area contributed by atoms with Gasteiger partial charge in [0, 0.05) is 9.80 Å². The highest BCUT2D eigenvalue weighted by atomic mass is 79.9. The average Bonchev–Trinajstić information content (AvgIpc) is 2.31. The molecule has 0 aliphatic carbocycles. The van der Waals surface area contributed by atoms with E-state index in [0.29, 0.717) is 0 Å². The Morgan fingerprint density at radius 3 is 2.50 bits per heavy atom.